The van der Waals surface area contributed by atoms with Crippen LogP contribution in [0.3, 0.4) is 0 Å². The highest BCUT2D eigenvalue weighted by molar-refractivity contribution is 5.94. The van der Waals surface area contributed by atoms with Crippen molar-refractivity contribution in [1.29, 1.82) is 0 Å². The number of hydrogen-bond acceptors (Lipinski definition) is 3. The Morgan fingerprint density at radius 2 is 1.85 bits per heavy atom. The number of aromatic nitrogens is 2. The number of amides is 1. The third-order valence-electron chi connectivity index (χ3n) is 6.08. The molecule has 1 aliphatic carbocycles. The van der Waals surface area contributed by atoms with Gasteiger partial charge < -0.3 is 4.90 Å². The number of hydrogen-bond donors (Lipinski definition) is 0. The summed E-state index contributed by atoms with van der Waals surface area (Å²) in [5.41, 5.74) is 3.35. The number of likely N-dealkylation sites (N-methyl/N-ethyl adjacent to an activating group) is 1. The van der Waals surface area contributed by atoms with Gasteiger partial charge in [0.25, 0.3) is 5.91 Å². The van der Waals surface area contributed by atoms with E-state index >= 15 is 0 Å². The molecule has 0 radical (unpaired) electrons. The van der Waals surface area contributed by atoms with Crippen LogP contribution in [0, 0.1) is 5.82 Å². The summed E-state index contributed by atoms with van der Waals surface area (Å²) in [6.45, 7) is 5.72. The molecule has 0 unspecified atom stereocenters. The van der Waals surface area contributed by atoms with Gasteiger partial charge in [-0.1, -0.05) is 6.07 Å². The fraction of sp³-hybridized carbons (Fsp3) is 0.524. The molecule has 1 aromatic carbocycles. The van der Waals surface area contributed by atoms with Gasteiger partial charge in [-0.3, -0.25) is 9.69 Å². The summed E-state index contributed by atoms with van der Waals surface area (Å²) in [5, 5.41) is 4.69. The first kappa shape index (κ1) is 18.2. The predicted molar refractivity (Wildman–Crippen MR) is 103 cm³/mol. The van der Waals surface area contributed by atoms with E-state index in [0.717, 1.165) is 36.9 Å². The molecule has 2 heterocycles. The Morgan fingerprint density at radius 3 is 2.56 bits per heavy atom. The van der Waals surface area contributed by atoms with Crippen molar-refractivity contribution < 1.29 is 9.18 Å². The molecule has 1 saturated heterocycles. The van der Waals surface area contributed by atoms with Crippen LogP contribution in [0.1, 0.15) is 48.4 Å². The maximum atomic E-state index is 13.7. The Bertz CT molecular complexity index is 850. The average molecular weight is 370 g/mol. The van der Waals surface area contributed by atoms with Crippen LogP contribution in [0.5, 0.6) is 0 Å². The van der Waals surface area contributed by atoms with Crippen LogP contribution in [-0.2, 0) is 12.8 Å². The van der Waals surface area contributed by atoms with Gasteiger partial charge >= 0.3 is 0 Å². The van der Waals surface area contributed by atoms with Gasteiger partial charge in [-0.2, -0.15) is 5.10 Å². The maximum Gasteiger partial charge on any atom is 0.274 e. The van der Waals surface area contributed by atoms with E-state index in [1.807, 2.05) is 11.0 Å². The lowest BCUT2D eigenvalue weighted by Gasteiger charge is -2.42. The Balaban J connectivity index is 1.72. The number of halogens is 1. The first-order chi connectivity index (χ1) is 13.0. The van der Waals surface area contributed by atoms with Crippen LogP contribution >= 0.6 is 0 Å². The highest BCUT2D eigenvalue weighted by Gasteiger charge is 2.33. The third-order valence-corrected chi connectivity index (χ3v) is 6.08. The topological polar surface area (TPSA) is 41.4 Å². The normalized spacial score (nSPS) is 23.3. The fourth-order valence-electron chi connectivity index (χ4n) is 4.31. The standard InChI is InChI=1S/C21H27FN4O/c1-14-12-25(13-15(2)24(14)3)21(27)20-18-9-4-5-10-19(18)26(23-20)17-8-6-7-16(22)11-17/h6-8,11,14-15H,4-5,9-10,12-13H2,1-3H3/t14-,15+. The Labute approximate surface area is 159 Å². The summed E-state index contributed by atoms with van der Waals surface area (Å²) in [7, 11) is 2.11. The largest absolute Gasteiger partial charge is 0.334 e. The summed E-state index contributed by atoms with van der Waals surface area (Å²) in [5.74, 6) is -0.280. The van der Waals surface area contributed by atoms with Crippen LogP contribution in [-0.4, -0.2) is 57.7 Å². The summed E-state index contributed by atoms with van der Waals surface area (Å²) in [6.07, 6.45) is 3.88. The molecule has 0 bridgehead atoms. The van der Waals surface area contributed by atoms with Crippen molar-refractivity contribution in [2.24, 2.45) is 0 Å². The van der Waals surface area contributed by atoms with Crippen molar-refractivity contribution in [3.8, 4) is 5.69 Å². The van der Waals surface area contributed by atoms with Gasteiger partial charge in [0, 0.05) is 36.4 Å². The first-order valence-electron chi connectivity index (χ1n) is 9.83. The first-order valence-corrected chi connectivity index (χ1v) is 9.83. The number of carbonyl (C=O) groups is 1. The van der Waals surface area contributed by atoms with Crippen LogP contribution in [0.25, 0.3) is 5.69 Å². The van der Waals surface area contributed by atoms with E-state index in [2.05, 4.69) is 25.8 Å². The SMILES string of the molecule is C[C@@H]1CN(C(=O)c2nn(-c3cccc(F)c3)c3c2CCCC3)C[C@H](C)N1C. The molecule has 1 aromatic heterocycles. The lowest BCUT2D eigenvalue weighted by atomic mass is 9.95. The second-order valence-corrected chi connectivity index (χ2v) is 7.95. The summed E-state index contributed by atoms with van der Waals surface area (Å²) >= 11 is 0. The molecule has 1 aliphatic heterocycles. The van der Waals surface area contributed by atoms with E-state index in [1.165, 1.54) is 12.1 Å². The Kier molecular flexibility index (Phi) is 4.76. The second-order valence-electron chi connectivity index (χ2n) is 7.95. The highest BCUT2D eigenvalue weighted by Crippen LogP contribution is 2.28. The number of rotatable bonds is 2. The van der Waals surface area contributed by atoms with Crippen LogP contribution < -0.4 is 0 Å². The lowest BCUT2D eigenvalue weighted by molar-refractivity contribution is 0.0408. The number of fused-ring (bicyclic) bond motifs is 1. The molecule has 2 aromatic rings. The molecule has 2 atom stereocenters. The van der Waals surface area contributed by atoms with Crippen molar-refractivity contribution in [2.75, 3.05) is 20.1 Å². The van der Waals surface area contributed by atoms with Crippen molar-refractivity contribution in [3.05, 3.63) is 47.0 Å². The predicted octanol–water partition coefficient (Wildman–Crippen LogP) is 3.05. The molecule has 1 fully saturated rings. The Morgan fingerprint density at radius 1 is 1.15 bits per heavy atom. The van der Waals surface area contributed by atoms with Crippen molar-refractivity contribution >= 4 is 5.91 Å². The molecule has 144 valence electrons. The molecule has 1 amide bonds. The van der Waals surface area contributed by atoms with Crippen LogP contribution in [0.2, 0.25) is 0 Å². The molecule has 27 heavy (non-hydrogen) atoms. The molecular formula is C21H27FN4O. The molecular weight excluding hydrogens is 343 g/mol. The van der Waals surface area contributed by atoms with E-state index in [0.29, 0.717) is 36.6 Å². The monoisotopic (exact) mass is 370 g/mol. The van der Waals surface area contributed by atoms with Gasteiger partial charge in [-0.15, -0.1) is 0 Å². The van der Waals surface area contributed by atoms with Crippen molar-refractivity contribution in [2.45, 2.75) is 51.6 Å². The summed E-state index contributed by atoms with van der Waals surface area (Å²) < 4.78 is 15.5. The minimum absolute atomic E-state index is 0.00935. The summed E-state index contributed by atoms with van der Waals surface area (Å²) in [4.78, 5) is 17.6. The quantitative estimate of drug-likeness (QED) is 0.816. The molecule has 2 aliphatic rings. The average Bonchev–Trinajstić information content (AvgIpc) is 3.05. The van der Waals surface area contributed by atoms with Crippen LogP contribution in [0.15, 0.2) is 24.3 Å². The zero-order valence-corrected chi connectivity index (χ0v) is 16.3. The van der Waals surface area contributed by atoms with Crippen molar-refractivity contribution in [1.82, 2.24) is 19.6 Å². The smallest absolute Gasteiger partial charge is 0.274 e. The minimum Gasteiger partial charge on any atom is -0.334 e. The Hall–Kier alpha value is -2.21. The summed E-state index contributed by atoms with van der Waals surface area (Å²) in [6, 6.07) is 7.08. The van der Waals surface area contributed by atoms with Gasteiger partial charge in [-0.05, 0) is 64.8 Å². The van der Waals surface area contributed by atoms with Gasteiger partial charge in [0.05, 0.1) is 5.69 Å². The fourth-order valence-corrected chi connectivity index (χ4v) is 4.31. The zero-order chi connectivity index (χ0) is 19.1. The maximum absolute atomic E-state index is 13.7. The highest BCUT2D eigenvalue weighted by atomic mass is 19.1. The van der Waals surface area contributed by atoms with Gasteiger partial charge in [0.15, 0.2) is 5.69 Å². The molecule has 0 spiro atoms. The second kappa shape index (κ2) is 7.08. The minimum atomic E-state index is -0.290. The molecule has 0 N–H and O–H groups in total. The van der Waals surface area contributed by atoms with E-state index in [4.69, 9.17) is 5.10 Å². The lowest BCUT2D eigenvalue weighted by Crippen LogP contribution is -2.56. The third kappa shape index (κ3) is 3.27. The van der Waals surface area contributed by atoms with E-state index in [1.54, 1.807) is 10.7 Å². The number of nitrogens with zero attached hydrogens (tertiary/aromatic N) is 4. The zero-order valence-electron chi connectivity index (χ0n) is 16.3. The van der Waals surface area contributed by atoms with E-state index in [9.17, 15) is 9.18 Å². The number of carbonyl (C=O) groups excluding carboxylic acids is 1. The van der Waals surface area contributed by atoms with Crippen LogP contribution in [0.4, 0.5) is 4.39 Å². The number of benzene rings is 1. The van der Waals surface area contributed by atoms with Gasteiger partial charge in [0.1, 0.15) is 5.82 Å². The molecule has 5 nitrogen and oxygen atoms in total. The number of piperazine rings is 1. The molecule has 4 rings (SSSR count). The van der Waals surface area contributed by atoms with Crippen molar-refractivity contribution in [3.63, 3.8) is 0 Å². The van der Waals surface area contributed by atoms with E-state index in [-0.39, 0.29) is 11.7 Å². The van der Waals surface area contributed by atoms with Gasteiger partial charge in [-0.25, -0.2) is 9.07 Å². The molecule has 0 saturated carbocycles. The molecule has 6 heteroatoms. The van der Waals surface area contributed by atoms with Gasteiger partial charge in [0.2, 0.25) is 0 Å². The van der Waals surface area contributed by atoms with E-state index < -0.39 is 0 Å².